The Bertz CT molecular complexity index is 1040. The molecule has 0 unspecified atom stereocenters. The summed E-state index contributed by atoms with van der Waals surface area (Å²) in [6, 6.07) is 13.1. The van der Waals surface area contributed by atoms with Crippen LogP contribution in [-0.4, -0.2) is 23.8 Å². The molecule has 0 saturated heterocycles. The number of alkyl halides is 3. The molecule has 4 nitrogen and oxygen atoms in total. The number of aromatic nitrogens is 1. The standard InChI is InChI=1S/C24H25F3N2O2S/c1-31-19-9-6-17(7-10-19)16-29-23(30)5-3-2-4-14-32-22-12-13-28-21-15-18(24(25,26)27)8-11-20(21)22/h6-13,15H,2-5,14,16H2,1H3,(H,29,30). The van der Waals surface area contributed by atoms with E-state index in [1.54, 1.807) is 18.9 Å². The van der Waals surface area contributed by atoms with Gasteiger partial charge in [-0.2, -0.15) is 13.2 Å². The number of nitrogens with zero attached hydrogens (tertiary/aromatic N) is 1. The molecule has 0 saturated carbocycles. The van der Waals surface area contributed by atoms with Crippen molar-refractivity contribution >= 4 is 28.6 Å². The highest BCUT2D eigenvalue weighted by molar-refractivity contribution is 7.99. The number of pyridine rings is 1. The number of halogens is 3. The maximum Gasteiger partial charge on any atom is 0.416 e. The maximum absolute atomic E-state index is 12.9. The number of fused-ring (bicyclic) bond motifs is 1. The van der Waals surface area contributed by atoms with Gasteiger partial charge in [0, 0.05) is 29.4 Å². The summed E-state index contributed by atoms with van der Waals surface area (Å²) in [6.45, 7) is 0.490. The van der Waals surface area contributed by atoms with Crippen molar-refractivity contribution in [3.8, 4) is 5.75 Å². The van der Waals surface area contributed by atoms with Crippen molar-refractivity contribution in [1.29, 1.82) is 0 Å². The molecule has 2 aromatic carbocycles. The Kier molecular flexibility index (Phi) is 8.39. The van der Waals surface area contributed by atoms with Crippen molar-refractivity contribution in [2.45, 2.75) is 43.3 Å². The van der Waals surface area contributed by atoms with Crippen molar-refractivity contribution in [2.24, 2.45) is 0 Å². The summed E-state index contributed by atoms with van der Waals surface area (Å²) in [5.41, 5.74) is 0.672. The second kappa shape index (κ2) is 11.2. The fourth-order valence-corrected chi connectivity index (χ4v) is 4.26. The summed E-state index contributed by atoms with van der Waals surface area (Å²) < 4.78 is 43.8. The smallest absolute Gasteiger partial charge is 0.416 e. The van der Waals surface area contributed by atoms with Gasteiger partial charge in [0.2, 0.25) is 5.91 Å². The molecule has 170 valence electrons. The van der Waals surface area contributed by atoms with Crippen LogP contribution in [0.15, 0.2) is 59.6 Å². The lowest BCUT2D eigenvalue weighted by molar-refractivity contribution is -0.137. The number of nitrogens with one attached hydrogen (secondary N) is 1. The van der Waals surface area contributed by atoms with E-state index in [-0.39, 0.29) is 5.91 Å². The number of amides is 1. The van der Waals surface area contributed by atoms with E-state index in [1.807, 2.05) is 30.3 Å². The maximum atomic E-state index is 12.9. The molecule has 0 aliphatic carbocycles. The van der Waals surface area contributed by atoms with Crippen molar-refractivity contribution < 1.29 is 22.7 Å². The van der Waals surface area contributed by atoms with Crippen molar-refractivity contribution in [3.63, 3.8) is 0 Å². The molecule has 1 amide bonds. The summed E-state index contributed by atoms with van der Waals surface area (Å²) in [6.07, 6.45) is 0.253. The van der Waals surface area contributed by atoms with Crippen LogP contribution in [0.5, 0.6) is 5.75 Å². The van der Waals surface area contributed by atoms with Crippen LogP contribution in [0.1, 0.15) is 36.8 Å². The zero-order valence-corrected chi connectivity index (χ0v) is 18.6. The Balaban J connectivity index is 1.37. The first kappa shape index (κ1) is 23.9. The molecule has 1 N–H and O–H groups in total. The van der Waals surface area contributed by atoms with Crippen LogP contribution in [-0.2, 0) is 17.5 Å². The molecular formula is C24H25F3N2O2S. The number of ether oxygens (including phenoxy) is 1. The first-order valence-electron chi connectivity index (χ1n) is 10.4. The monoisotopic (exact) mass is 462 g/mol. The van der Waals surface area contributed by atoms with E-state index >= 15 is 0 Å². The Morgan fingerprint density at radius 1 is 1.06 bits per heavy atom. The van der Waals surface area contributed by atoms with E-state index < -0.39 is 11.7 Å². The number of methoxy groups -OCH3 is 1. The molecule has 0 aliphatic rings. The van der Waals surface area contributed by atoms with Crippen LogP contribution in [0.25, 0.3) is 10.9 Å². The van der Waals surface area contributed by atoms with Crippen LogP contribution in [0, 0.1) is 0 Å². The quantitative estimate of drug-likeness (QED) is 0.287. The molecule has 0 bridgehead atoms. The van der Waals surface area contributed by atoms with E-state index in [0.717, 1.165) is 58.7 Å². The zero-order valence-electron chi connectivity index (χ0n) is 17.7. The molecule has 0 spiro atoms. The normalized spacial score (nSPS) is 11.5. The van der Waals surface area contributed by atoms with Crippen LogP contribution in [0.3, 0.4) is 0 Å². The van der Waals surface area contributed by atoms with Gasteiger partial charge in [0.25, 0.3) is 0 Å². The predicted octanol–water partition coefficient (Wildman–Crippen LogP) is 6.23. The van der Waals surface area contributed by atoms with Crippen molar-refractivity contribution in [1.82, 2.24) is 10.3 Å². The zero-order chi connectivity index (χ0) is 23.0. The minimum Gasteiger partial charge on any atom is -0.497 e. The van der Waals surface area contributed by atoms with E-state index in [9.17, 15) is 18.0 Å². The summed E-state index contributed by atoms with van der Waals surface area (Å²) in [5.74, 6) is 1.63. The third-order valence-corrected chi connectivity index (χ3v) is 6.14. The lowest BCUT2D eigenvalue weighted by Crippen LogP contribution is -2.22. The molecular weight excluding hydrogens is 437 g/mol. The number of carbonyl (C=O) groups is 1. The van der Waals surface area contributed by atoms with Gasteiger partial charge in [-0.15, -0.1) is 11.8 Å². The van der Waals surface area contributed by atoms with Gasteiger partial charge >= 0.3 is 6.18 Å². The fraction of sp³-hybridized carbons (Fsp3) is 0.333. The molecule has 0 atom stereocenters. The molecule has 0 radical (unpaired) electrons. The highest BCUT2D eigenvalue weighted by atomic mass is 32.2. The number of benzene rings is 2. The SMILES string of the molecule is COc1ccc(CNC(=O)CCCCCSc2ccnc3cc(C(F)(F)F)ccc23)cc1. The summed E-state index contributed by atoms with van der Waals surface area (Å²) >= 11 is 1.60. The average Bonchev–Trinajstić information content (AvgIpc) is 2.79. The van der Waals surface area contributed by atoms with Crippen LogP contribution >= 0.6 is 11.8 Å². The van der Waals surface area contributed by atoms with Gasteiger partial charge < -0.3 is 10.1 Å². The minimum absolute atomic E-state index is 0.0223. The topological polar surface area (TPSA) is 51.2 Å². The highest BCUT2D eigenvalue weighted by Gasteiger charge is 2.30. The van der Waals surface area contributed by atoms with Gasteiger partial charge in [-0.25, -0.2) is 0 Å². The van der Waals surface area contributed by atoms with E-state index in [2.05, 4.69) is 10.3 Å². The molecule has 32 heavy (non-hydrogen) atoms. The van der Waals surface area contributed by atoms with Gasteiger partial charge in [0.1, 0.15) is 5.75 Å². The Hall–Kier alpha value is -2.74. The van der Waals surface area contributed by atoms with Gasteiger partial charge in [-0.05, 0) is 54.5 Å². The molecule has 8 heteroatoms. The second-order valence-electron chi connectivity index (χ2n) is 7.32. The van der Waals surface area contributed by atoms with Crippen molar-refractivity contribution in [3.05, 3.63) is 65.9 Å². The number of hydrogen-bond donors (Lipinski definition) is 1. The largest absolute Gasteiger partial charge is 0.497 e. The van der Waals surface area contributed by atoms with E-state index in [4.69, 9.17) is 4.74 Å². The van der Waals surface area contributed by atoms with Gasteiger partial charge in [-0.3, -0.25) is 9.78 Å². The molecule has 0 aliphatic heterocycles. The summed E-state index contributed by atoms with van der Waals surface area (Å²) in [5, 5.41) is 3.64. The summed E-state index contributed by atoms with van der Waals surface area (Å²) in [4.78, 5) is 17.0. The highest BCUT2D eigenvalue weighted by Crippen LogP contribution is 2.33. The van der Waals surface area contributed by atoms with Crippen molar-refractivity contribution in [2.75, 3.05) is 12.9 Å². The lowest BCUT2D eigenvalue weighted by atomic mass is 10.1. The summed E-state index contributed by atoms with van der Waals surface area (Å²) in [7, 11) is 1.61. The molecule has 3 aromatic rings. The molecule has 1 aromatic heterocycles. The average molecular weight is 463 g/mol. The van der Waals surface area contributed by atoms with Gasteiger partial charge in [0.15, 0.2) is 0 Å². The Morgan fingerprint density at radius 3 is 2.56 bits per heavy atom. The minimum atomic E-state index is -4.38. The van der Waals surface area contributed by atoms with Gasteiger partial charge in [0.05, 0.1) is 18.2 Å². The Morgan fingerprint density at radius 2 is 1.84 bits per heavy atom. The van der Waals surface area contributed by atoms with E-state index in [0.29, 0.717) is 18.5 Å². The second-order valence-corrected chi connectivity index (χ2v) is 8.46. The first-order valence-corrected chi connectivity index (χ1v) is 11.3. The number of carbonyl (C=O) groups excluding carboxylic acids is 1. The van der Waals surface area contributed by atoms with Gasteiger partial charge in [-0.1, -0.05) is 24.6 Å². The first-order chi connectivity index (χ1) is 15.4. The van der Waals surface area contributed by atoms with E-state index in [1.165, 1.54) is 12.3 Å². The third-order valence-electron chi connectivity index (χ3n) is 4.98. The number of thioether (sulfide) groups is 1. The Labute approximate surface area is 189 Å². The molecule has 1 heterocycles. The van der Waals surface area contributed by atoms with Crippen LogP contribution in [0.2, 0.25) is 0 Å². The number of hydrogen-bond acceptors (Lipinski definition) is 4. The predicted molar refractivity (Wildman–Crippen MR) is 121 cm³/mol. The molecule has 0 fully saturated rings. The number of unbranched alkanes of at least 4 members (excludes halogenated alkanes) is 2. The fourth-order valence-electron chi connectivity index (χ4n) is 3.20. The molecule has 3 rings (SSSR count). The van der Waals surface area contributed by atoms with Crippen LogP contribution in [0.4, 0.5) is 13.2 Å². The lowest BCUT2D eigenvalue weighted by Gasteiger charge is -2.10. The van der Waals surface area contributed by atoms with Crippen LogP contribution < -0.4 is 10.1 Å². The number of rotatable bonds is 10. The third kappa shape index (κ3) is 6.88.